The lowest BCUT2D eigenvalue weighted by Crippen LogP contribution is -2.34. The molecule has 0 aliphatic carbocycles. The molecule has 0 aliphatic heterocycles. The number of carbonyl (C=O) groups excluding carboxylic acids is 4. The number of rotatable bonds is 6. The lowest BCUT2D eigenvalue weighted by molar-refractivity contribution is -0.136. The Kier molecular flexibility index (Phi) is 9.01. The van der Waals surface area contributed by atoms with Gasteiger partial charge in [0.1, 0.15) is 11.5 Å². The molecule has 35 heavy (non-hydrogen) atoms. The van der Waals surface area contributed by atoms with Crippen molar-refractivity contribution in [3.8, 4) is 0 Å². The van der Waals surface area contributed by atoms with Gasteiger partial charge in [-0.25, -0.2) is 5.43 Å². The van der Waals surface area contributed by atoms with Crippen molar-refractivity contribution < 1.29 is 23.6 Å². The van der Waals surface area contributed by atoms with Crippen LogP contribution in [0.1, 0.15) is 11.5 Å². The van der Waals surface area contributed by atoms with Gasteiger partial charge in [0.25, 0.3) is 0 Å². The van der Waals surface area contributed by atoms with Crippen molar-refractivity contribution in [2.24, 2.45) is 5.10 Å². The van der Waals surface area contributed by atoms with Crippen LogP contribution in [-0.4, -0.2) is 29.8 Å². The predicted molar refractivity (Wildman–Crippen MR) is 134 cm³/mol. The monoisotopic (exact) mass is 579 g/mol. The second kappa shape index (κ2) is 12.2. The number of anilines is 2. The van der Waals surface area contributed by atoms with Gasteiger partial charge in [-0.05, 0) is 58.4 Å². The molecule has 4 amide bonds. The number of nitrogens with zero attached hydrogens (tertiary/aromatic N) is 1. The van der Waals surface area contributed by atoms with Gasteiger partial charge in [0, 0.05) is 10.2 Å². The van der Waals surface area contributed by atoms with Crippen LogP contribution < -0.4 is 21.4 Å². The van der Waals surface area contributed by atoms with E-state index in [0.717, 1.165) is 0 Å². The van der Waals surface area contributed by atoms with Crippen LogP contribution in [0.15, 0.2) is 68.6 Å². The fourth-order valence-corrected chi connectivity index (χ4v) is 3.20. The number of nitrogens with one attached hydrogen (secondary N) is 4. The number of hydrogen-bond donors (Lipinski definition) is 4. The van der Waals surface area contributed by atoms with Gasteiger partial charge in [0.05, 0.1) is 28.5 Å². The molecule has 0 saturated heterocycles. The van der Waals surface area contributed by atoms with Crippen LogP contribution in [0.3, 0.4) is 0 Å². The largest absolute Gasteiger partial charge is 0.458 e. The first-order chi connectivity index (χ1) is 16.7. The standard InChI is InChI=1S/C22H16BrCl2N5O5/c23-15-3-1-2-4-18(15)29-21(33)22(34)30-27-11-14-7-6-13(35-14)10-26-19(31)20(32)28-12-5-8-16(24)17(25)9-12/h1-9,11H,10H2,(H,26,31)(H,28,32)(H,29,33)(H,30,34)/b27-11+. The molecule has 2 aromatic carbocycles. The summed E-state index contributed by atoms with van der Waals surface area (Å²) in [7, 11) is 0. The van der Waals surface area contributed by atoms with Crippen molar-refractivity contribution >= 4 is 80.3 Å². The maximum atomic E-state index is 12.0. The van der Waals surface area contributed by atoms with E-state index in [1.54, 1.807) is 30.3 Å². The summed E-state index contributed by atoms with van der Waals surface area (Å²) in [5.41, 5.74) is 2.82. The van der Waals surface area contributed by atoms with E-state index in [9.17, 15) is 19.2 Å². The summed E-state index contributed by atoms with van der Waals surface area (Å²) in [6.07, 6.45) is 1.17. The number of carbonyl (C=O) groups is 4. The van der Waals surface area contributed by atoms with Crippen molar-refractivity contribution in [2.45, 2.75) is 6.54 Å². The fourth-order valence-electron chi connectivity index (χ4n) is 2.52. The van der Waals surface area contributed by atoms with Crippen LogP contribution in [0.5, 0.6) is 0 Å². The summed E-state index contributed by atoms with van der Waals surface area (Å²) >= 11 is 15.0. The molecule has 0 fully saturated rings. The number of halogens is 3. The first-order valence-electron chi connectivity index (χ1n) is 9.75. The van der Waals surface area contributed by atoms with Crippen LogP contribution in [0.25, 0.3) is 0 Å². The van der Waals surface area contributed by atoms with E-state index in [-0.39, 0.29) is 17.3 Å². The highest BCUT2D eigenvalue weighted by Crippen LogP contribution is 2.25. The van der Waals surface area contributed by atoms with Gasteiger partial charge in [0.15, 0.2) is 0 Å². The molecule has 3 rings (SSSR count). The fraction of sp³-hybridized carbons (Fsp3) is 0.0455. The summed E-state index contributed by atoms with van der Waals surface area (Å²) in [5, 5.41) is 11.4. The first kappa shape index (κ1) is 25.9. The first-order valence-corrected chi connectivity index (χ1v) is 11.3. The highest BCUT2D eigenvalue weighted by Gasteiger charge is 2.16. The highest BCUT2D eigenvalue weighted by molar-refractivity contribution is 9.10. The normalized spacial score (nSPS) is 10.6. The molecule has 0 spiro atoms. The smallest absolute Gasteiger partial charge is 0.329 e. The van der Waals surface area contributed by atoms with Gasteiger partial charge in [-0.2, -0.15) is 5.10 Å². The number of para-hydroxylation sites is 1. The van der Waals surface area contributed by atoms with Gasteiger partial charge >= 0.3 is 23.6 Å². The van der Waals surface area contributed by atoms with Gasteiger partial charge < -0.3 is 20.4 Å². The van der Waals surface area contributed by atoms with Crippen LogP contribution in [0, 0.1) is 0 Å². The number of furan rings is 1. The molecular weight excluding hydrogens is 565 g/mol. The summed E-state index contributed by atoms with van der Waals surface area (Å²) in [6.45, 7) is -0.0812. The van der Waals surface area contributed by atoms with E-state index in [0.29, 0.717) is 26.6 Å². The Balaban J connectivity index is 1.44. The van der Waals surface area contributed by atoms with Crippen molar-refractivity contribution in [3.63, 3.8) is 0 Å². The Labute approximate surface area is 217 Å². The summed E-state index contributed by atoms with van der Waals surface area (Å²) in [6, 6.07) is 14.3. The maximum Gasteiger partial charge on any atom is 0.329 e. The van der Waals surface area contributed by atoms with E-state index in [1.807, 2.05) is 0 Å². The Morgan fingerprint density at radius 3 is 2.37 bits per heavy atom. The molecule has 0 atom stereocenters. The van der Waals surface area contributed by atoms with E-state index in [4.69, 9.17) is 27.6 Å². The molecule has 180 valence electrons. The SMILES string of the molecule is O=C(NCc1ccc(/C=N/NC(=O)C(=O)Nc2ccccc2Br)o1)C(=O)Nc1ccc(Cl)c(Cl)c1. The number of hydrogen-bond acceptors (Lipinski definition) is 6. The zero-order valence-corrected chi connectivity index (χ0v) is 20.7. The minimum absolute atomic E-state index is 0.0812. The van der Waals surface area contributed by atoms with E-state index in [2.05, 4.69) is 42.4 Å². The van der Waals surface area contributed by atoms with Crippen molar-refractivity contribution in [1.29, 1.82) is 0 Å². The number of benzene rings is 2. The minimum Gasteiger partial charge on any atom is -0.458 e. The molecular formula is C22H16BrCl2N5O5. The van der Waals surface area contributed by atoms with E-state index >= 15 is 0 Å². The van der Waals surface area contributed by atoms with E-state index in [1.165, 1.54) is 30.5 Å². The summed E-state index contributed by atoms with van der Waals surface area (Å²) in [5.74, 6) is -3.13. The Bertz CT molecular complexity index is 1310. The highest BCUT2D eigenvalue weighted by atomic mass is 79.9. The van der Waals surface area contributed by atoms with Crippen molar-refractivity contribution in [3.05, 3.63) is 80.6 Å². The average molecular weight is 581 g/mol. The topological polar surface area (TPSA) is 142 Å². The second-order valence-corrected chi connectivity index (χ2v) is 8.37. The Hall–Kier alpha value is -3.67. The van der Waals surface area contributed by atoms with Crippen LogP contribution >= 0.6 is 39.1 Å². The molecule has 0 saturated carbocycles. The molecule has 10 nitrogen and oxygen atoms in total. The van der Waals surface area contributed by atoms with Gasteiger partial charge in [-0.1, -0.05) is 35.3 Å². The zero-order valence-electron chi connectivity index (χ0n) is 17.6. The van der Waals surface area contributed by atoms with Crippen LogP contribution in [0.4, 0.5) is 11.4 Å². The third kappa shape index (κ3) is 7.67. The molecule has 13 heteroatoms. The lowest BCUT2D eigenvalue weighted by atomic mass is 10.3. The molecule has 0 unspecified atom stereocenters. The van der Waals surface area contributed by atoms with Gasteiger partial charge in [0.2, 0.25) is 0 Å². The molecule has 0 radical (unpaired) electrons. The van der Waals surface area contributed by atoms with Crippen LogP contribution in [-0.2, 0) is 25.7 Å². The second-order valence-electron chi connectivity index (χ2n) is 6.70. The average Bonchev–Trinajstić information content (AvgIpc) is 3.28. The summed E-state index contributed by atoms with van der Waals surface area (Å²) < 4.78 is 6.05. The van der Waals surface area contributed by atoms with Crippen molar-refractivity contribution in [2.75, 3.05) is 10.6 Å². The third-order valence-electron chi connectivity index (χ3n) is 4.18. The quantitative estimate of drug-likeness (QED) is 0.200. The molecule has 0 aliphatic rings. The summed E-state index contributed by atoms with van der Waals surface area (Å²) in [4.78, 5) is 47.8. The van der Waals surface area contributed by atoms with Gasteiger partial charge in [-0.3, -0.25) is 19.2 Å². The Morgan fingerprint density at radius 2 is 1.63 bits per heavy atom. The predicted octanol–water partition coefficient (Wildman–Crippen LogP) is 3.69. The zero-order chi connectivity index (χ0) is 25.4. The molecule has 1 heterocycles. The third-order valence-corrected chi connectivity index (χ3v) is 5.61. The van der Waals surface area contributed by atoms with Crippen LogP contribution in [0.2, 0.25) is 10.0 Å². The molecule has 4 N–H and O–H groups in total. The molecule has 3 aromatic rings. The molecule has 0 bridgehead atoms. The minimum atomic E-state index is -0.982. The van der Waals surface area contributed by atoms with Crippen molar-refractivity contribution in [1.82, 2.24) is 10.7 Å². The number of hydrazone groups is 1. The number of amides is 4. The van der Waals surface area contributed by atoms with E-state index < -0.39 is 23.6 Å². The Morgan fingerprint density at radius 1 is 0.886 bits per heavy atom. The molecule has 1 aromatic heterocycles. The maximum absolute atomic E-state index is 12.0. The van der Waals surface area contributed by atoms with Gasteiger partial charge in [-0.15, -0.1) is 0 Å². The lowest BCUT2D eigenvalue weighted by Gasteiger charge is -2.06.